The fraction of sp³-hybridized carbons (Fsp3) is 0.160. The number of nitrogens with one attached hydrogen (secondary N) is 2. The fourth-order valence-corrected chi connectivity index (χ4v) is 3.85. The van der Waals surface area contributed by atoms with Crippen LogP contribution in [-0.4, -0.2) is 22.8 Å². The number of ketones is 1. The summed E-state index contributed by atoms with van der Waals surface area (Å²) in [6, 6.07) is 21.6. The maximum Gasteiger partial charge on any atom is 0.255 e. The first-order valence-corrected chi connectivity index (χ1v) is 10.8. The summed E-state index contributed by atoms with van der Waals surface area (Å²) < 4.78 is 0. The predicted octanol–water partition coefficient (Wildman–Crippen LogP) is 5.57. The Balaban J connectivity index is 1.61. The van der Waals surface area contributed by atoms with E-state index in [4.69, 9.17) is 0 Å². The average molecular weight is 433 g/mol. The van der Waals surface area contributed by atoms with Crippen molar-refractivity contribution in [1.82, 2.24) is 0 Å². The number of anilines is 2. The minimum atomic E-state index is -0.352. The number of carbonyl (C=O) groups is 3. The second-order valence-electron chi connectivity index (χ2n) is 7.23. The summed E-state index contributed by atoms with van der Waals surface area (Å²) in [6.45, 7) is 5.27. The number of benzene rings is 3. The van der Waals surface area contributed by atoms with Crippen LogP contribution in [0.3, 0.4) is 0 Å². The van der Waals surface area contributed by atoms with Crippen molar-refractivity contribution in [2.24, 2.45) is 0 Å². The Morgan fingerprint density at radius 1 is 0.806 bits per heavy atom. The molecular formula is C25H24N2O3S. The van der Waals surface area contributed by atoms with Crippen LogP contribution in [0.15, 0.2) is 77.7 Å². The highest BCUT2D eigenvalue weighted by Crippen LogP contribution is 2.27. The zero-order chi connectivity index (χ0) is 22.4. The van der Waals surface area contributed by atoms with E-state index in [1.165, 1.54) is 18.7 Å². The molecule has 2 N–H and O–H groups in total. The lowest BCUT2D eigenvalue weighted by atomic mass is 10.1. The second kappa shape index (κ2) is 10.1. The molecule has 31 heavy (non-hydrogen) atoms. The van der Waals surface area contributed by atoms with Gasteiger partial charge in [0.15, 0.2) is 5.78 Å². The third-order valence-electron chi connectivity index (χ3n) is 4.61. The van der Waals surface area contributed by atoms with Crippen molar-refractivity contribution >= 4 is 40.7 Å². The molecule has 0 aliphatic heterocycles. The first-order valence-electron chi connectivity index (χ1n) is 9.88. The molecule has 1 atom stereocenters. The van der Waals surface area contributed by atoms with Crippen LogP contribution in [0.1, 0.15) is 40.1 Å². The van der Waals surface area contributed by atoms with Crippen molar-refractivity contribution in [2.45, 2.75) is 30.9 Å². The van der Waals surface area contributed by atoms with Gasteiger partial charge in [0.25, 0.3) is 5.91 Å². The van der Waals surface area contributed by atoms with E-state index < -0.39 is 0 Å². The van der Waals surface area contributed by atoms with Crippen LogP contribution >= 0.6 is 11.8 Å². The second-order valence-corrected chi connectivity index (χ2v) is 8.65. The van der Waals surface area contributed by atoms with Gasteiger partial charge in [0, 0.05) is 27.4 Å². The van der Waals surface area contributed by atoms with Gasteiger partial charge in [-0.3, -0.25) is 14.4 Å². The van der Waals surface area contributed by atoms with Gasteiger partial charge in [-0.25, -0.2) is 0 Å². The van der Waals surface area contributed by atoms with Crippen molar-refractivity contribution < 1.29 is 14.4 Å². The smallest absolute Gasteiger partial charge is 0.255 e. The number of hydrogen-bond acceptors (Lipinski definition) is 4. The molecule has 158 valence electrons. The summed E-state index contributed by atoms with van der Waals surface area (Å²) in [4.78, 5) is 37.3. The van der Waals surface area contributed by atoms with Crippen LogP contribution in [0.25, 0.3) is 0 Å². The van der Waals surface area contributed by atoms with Crippen molar-refractivity contribution in [2.75, 3.05) is 10.6 Å². The van der Waals surface area contributed by atoms with Crippen LogP contribution in [0.4, 0.5) is 11.4 Å². The summed E-state index contributed by atoms with van der Waals surface area (Å²) in [7, 11) is 0. The number of carbonyl (C=O) groups excluding carboxylic acids is 3. The van der Waals surface area contributed by atoms with Crippen molar-refractivity contribution in [3.8, 4) is 0 Å². The Labute approximate surface area is 186 Å². The third-order valence-corrected chi connectivity index (χ3v) is 5.71. The lowest BCUT2D eigenvalue weighted by molar-refractivity contribution is -0.115. The van der Waals surface area contributed by atoms with E-state index in [1.54, 1.807) is 30.3 Å². The molecule has 6 heteroatoms. The van der Waals surface area contributed by atoms with Gasteiger partial charge in [-0.1, -0.05) is 23.8 Å². The Morgan fingerprint density at radius 2 is 1.52 bits per heavy atom. The molecule has 0 saturated carbocycles. The molecule has 3 aromatic rings. The first-order chi connectivity index (χ1) is 14.8. The van der Waals surface area contributed by atoms with Crippen molar-refractivity contribution in [3.05, 3.63) is 89.5 Å². The van der Waals surface area contributed by atoms with Gasteiger partial charge in [-0.05, 0) is 75.4 Å². The van der Waals surface area contributed by atoms with Crippen molar-refractivity contribution in [3.63, 3.8) is 0 Å². The summed E-state index contributed by atoms with van der Waals surface area (Å²) in [5.41, 5.74) is 3.53. The highest BCUT2D eigenvalue weighted by molar-refractivity contribution is 8.00. The molecule has 0 heterocycles. The molecule has 0 aliphatic carbocycles. The van der Waals surface area contributed by atoms with E-state index in [-0.39, 0.29) is 22.8 Å². The van der Waals surface area contributed by atoms with E-state index >= 15 is 0 Å². The van der Waals surface area contributed by atoms with Gasteiger partial charge in [0.05, 0.1) is 5.25 Å². The summed E-state index contributed by atoms with van der Waals surface area (Å²) in [5, 5.41) is 5.41. The van der Waals surface area contributed by atoms with E-state index in [9.17, 15) is 14.4 Å². The predicted molar refractivity (Wildman–Crippen MR) is 126 cm³/mol. The van der Waals surface area contributed by atoms with E-state index in [0.717, 1.165) is 10.5 Å². The van der Waals surface area contributed by atoms with E-state index in [1.807, 2.05) is 56.3 Å². The zero-order valence-electron chi connectivity index (χ0n) is 17.6. The Kier molecular flexibility index (Phi) is 7.26. The molecular weight excluding hydrogens is 408 g/mol. The zero-order valence-corrected chi connectivity index (χ0v) is 18.5. The molecule has 3 rings (SSSR count). The quantitative estimate of drug-likeness (QED) is 0.378. The summed E-state index contributed by atoms with van der Waals surface area (Å²) in [5.74, 6) is -0.336. The molecule has 0 aliphatic rings. The molecule has 0 saturated heterocycles. The van der Waals surface area contributed by atoms with Crippen LogP contribution in [0.5, 0.6) is 0 Å². The van der Waals surface area contributed by atoms with Gasteiger partial charge in [-0.2, -0.15) is 0 Å². The van der Waals surface area contributed by atoms with Gasteiger partial charge in [0.1, 0.15) is 0 Å². The minimum Gasteiger partial charge on any atom is -0.325 e. The molecule has 0 bridgehead atoms. The summed E-state index contributed by atoms with van der Waals surface area (Å²) >= 11 is 1.40. The first kappa shape index (κ1) is 22.3. The number of aryl methyl sites for hydroxylation is 1. The highest BCUT2D eigenvalue weighted by Gasteiger charge is 2.15. The maximum absolute atomic E-state index is 12.5. The van der Waals surface area contributed by atoms with Gasteiger partial charge in [-0.15, -0.1) is 11.8 Å². The Bertz CT molecular complexity index is 1110. The Hall–Kier alpha value is -3.38. The normalized spacial score (nSPS) is 11.5. The molecule has 5 nitrogen and oxygen atoms in total. The van der Waals surface area contributed by atoms with E-state index in [0.29, 0.717) is 22.5 Å². The molecule has 0 aromatic heterocycles. The largest absolute Gasteiger partial charge is 0.325 e. The number of rotatable bonds is 7. The van der Waals surface area contributed by atoms with Gasteiger partial charge >= 0.3 is 0 Å². The van der Waals surface area contributed by atoms with Crippen LogP contribution < -0.4 is 10.6 Å². The summed E-state index contributed by atoms with van der Waals surface area (Å²) in [6.07, 6.45) is 0. The SMILES string of the molecule is CC(=O)c1ccc(NC(=O)C(C)Sc2cccc(NC(=O)c3cccc(C)c3)c2)cc1. The number of Topliss-reactive ketones (excluding diaryl/α,β-unsaturated/α-hetero) is 1. The number of amides is 2. The molecule has 0 spiro atoms. The van der Waals surface area contributed by atoms with Crippen LogP contribution in [0, 0.1) is 6.92 Å². The lowest BCUT2D eigenvalue weighted by Gasteiger charge is -2.13. The molecule has 0 fully saturated rings. The van der Waals surface area contributed by atoms with E-state index in [2.05, 4.69) is 10.6 Å². The van der Waals surface area contributed by atoms with Crippen molar-refractivity contribution in [1.29, 1.82) is 0 Å². The lowest BCUT2D eigenvalue weighted by Crippen LogP contribution is -2.22. The fourth-order valence-electron chi connectivity index (χ4n) is 2.93. The molecule has 1 unspecified atom stereocenters. The number of thioether (sulfide) groups is 1. The third kappa shape index (κ3) is 6.30. The molecule has 3 aromatic carbocycles. The monoisotopic (exact) mass is 432 g/mol. The molecule has 0 radical (unpaired) electrons. The van der Waals surface area contributed by atoms with Crippen LogP contribution in [0.2, 0.25) is 0 Å². The van der Waals surface area contributed by atoms with Gasteiger partial charge in [0.2, 0.25) is 5.91 Å². The molecule has 2 amide bonds. The standard InChI is InChI=1S/C25H24N2O3S/c1-16-6-4-7-20(14-16)25(30)27-22-8-5-9-23(15-22)31-18(3)24(29)26-21-12-10-19(11-13-21)17(2)28/h4-15,18H,1-3H3,(H,26,29)(H,27,30). The average Bonchev–Trinajstić information content (AvgIpc) is 2.74. The highest BCUT2D eigenvalue weighted by atomic mass is 32.2. The van der Waals surface area contributed by atoms with Gasteiger partial charge < -0.3 is 10.6 Å². The topological polar surface area (TPSA) is 75.3 Å². The minimum absolute atomic E-state index is 0.0174. The van der Waals surface area contributed by atoms with Crippen LogP contribution in [-0.2, 0) is 4.79 Å². The maximum atomic E-state index is 12.5. The Morgan fingerprint density at radius 3 is 2.19 bits per heavy atom. The number of hydrogen-bond donors (Lipinski definition) is 2.